The first-order valence-corrected chi connectivity index (χ1v) is 11.6. The molecule has 154 valence electrons. The number of aromatic nitrogens is 1. The Morgan fingerprint density at radius 2 is 1.54 bits per heavy atom. The lowest BCUT2D eigenvalue weighted by Crippen LogP contribution is -2.37. The van der Waals surface area contributed by atoms with Crippen LogP contribution in [0.2, 0.25) is 0 Å². The second kappa shape index (κ2) is 6.82. The number of hydrogen-bond donors (Lipinski definition) is 0. The highest BCUT2D eigenvalue weighted by Gasteiger charge is 2.46. The van der Waals surface area contributed by atoms with Crippen LogP contribution in [0.4, 0.5) is 0 Å². The fraction of sp³-hybridized carbons (Fsp3) is 0.870. The summed E-state index contributed by atoms with van der Waals surface area (Å²) in [6, 6.07) is 0. The van der Waals surface area contributed by atoms with Gasteiger partial charge in [-0.2, -0.15) is 0 Å². The van der Waals surface area contributed by atoms with Gasteiger partial charge in [0, 0.05) is 30.2 Å². The van der Waals surface area contributed by atoms with Crippen molar-refractivity contribution in [2.24, 2.45) is 5.41 Å². The van der Waals surface area contributed by atoms with Crippen LogP contribution < -0.4 is 0 Å². The minimum atomic E-state index is -0.303. The Kier molecular flexibility index (Phi) is 4.36. The van der Waals surface area contributed by atoms with Crippen LogP contribution in [0.25, 0.3) is 0 Å². The highest BCUT2D eigenvalue weighted by Crippen LogP contribution is 2.59. The first-order chi connectivity index (χ1) is 13.7. The SMILES string of the molecule is C1COC2(CCC(OCc3c(C4CCC5(CC4)CC5)noc3C3CC3)CC2)O1. The van der Waals surface area contributed by atoms with E-state index in [0.717, 1.165) is 50.1 Å². The van der Waals surface area contributed by atoms with Gasteiger partial charge >= 0.3 is 0 Å². The van der Waals surface area contributed by atoms with Crippen LogP contribution in [0.1, 0.15) is 106 Å². The summed E-state index contributed by atoms with van der Waals surface area (Å²) in [4.78, 5) is 0. The summed E-state index contributed by atoms with van der Waals surface area (Å²) in [5, 5.41) is 4.60. The van der Waals surface area contributed by atoms with Crippen molar-refractivity contribution in [2.45, 2.75) is 107 Å². The third-order valence-corrected chi connectivity index (χ3v) is 8.16. The van der Waals surface area contributed by atoms with Gasteiger partial charge in [-0.3, -0.25) is 0 Å². The Hall–Kier alpha value is -0.910. The fourth-order valence-electron chi connectivity index (χ4n) is 5.83. The summed E-state index contributed by atoms with van der Waals surface area (Å²) in [5.41, 5.74) is 3.25. The summed E-state index contributed by atoms with van der Waals surface area (Å²) < 4.78 is 24.0. The minimum absolute atomic E-state index is 0.300. The Balaban J connectivity index is 1.12. The molecule has 5 nitrogen and oxygen atoms in total. The quantitative estimate of drug-likeness (QED) is 0.696. The van der Waals surface area contributed by atoms with Crippen molar-refractivity contribution in [3.05, 3.63) is 17.0 Å². The first-order valence-electron chi connectivity index (χ1n) is 11.6. The molecule has 28 heavy (non-hydrogen) atoms. The van der Waals surface area contributed by atoms with Gasteiger partial charge in [0.25, 0.3) is 0 Å². The van der Waals surface area contributed by atoms with Gasteiger partial charge in [0.15, 0.2) is 5.79 Å². The smallest absolute Gasteiger partial charge is 0.168 e. The molecule has 1 aromatic rings. The van der Waals surface area contributed by atoms with E-state index in [4.69, 9.17) is 18.7 Å². The summed E-state index contributed by atoms with van der Waals surface area (Å²) in [6.07, 6.45) is 15.0. The molecule has 0 amide bonds. The van der Waals surface area contributed by atoms with E-state index >= 15 is 0 Å². The van der Waals surface area contributed by atoms with Gasteiger partial charge in [-0.25, -0.2) is 0 Å². The van der Waals surface area contributed by atoms with Gasteiger partial charge in [-0.1, -0.05) is 5.16 Å². The average Bonchev–Trinajstić information content (AvgIpc) is 3.63. The predicted molar refractivity (Wildman–Crippen MR) is 103 cm³/mol. The van der Waals surface area contributed by atoms with Gasteiger partial charge in [-0.05, 0) is 69.6 Å². The topological polar surface area (TPSA) is 53.7 Å². The lowest BCUT2D eigenvalue weighted by molar-refractivity contribution is -0.192. The van der Waals surface area contributed by atoms with Crippen LogP contribution in [0.15, 0.2) is 4.52 Å². The minimum Gasteiger partial charge on any atom is -0.373 e. The molecule has 1 saturated heterocycles. The van der Waals surface area contributed by atoms with E-state index in [-0.39, 0.29) is 5.79 Å². The lowest BCUT2D eigenvalue weighted by Gasteiger charge is -2.35. The molecule has 2 heterocycles. The standard InChI is InChI=1S/C23H33NO4/c1-2-17(1)21-19(15-25-18-5-9-23(10-6-18)26-13-14-27-23)20(24-28-21)16-3-7-22(8-4-16)11-12-22/h16-18H,1-15H2. The van der Waals surface area contributed by atoms with Gasteiger partial charge in [-0.15, -0.1) is 0 Å². The zero-order chi connectivity index (χ0) is 18.6. The van der Waals surface area contributed by atoms with E-state index in [2.05, 4.69) is 5.16 Å². The van der Waals surface area contributed by atoms with E-state index in [1.807, 2.05) is 0 Å². The molecule has 5 fully saturated rings. The lowest BCUT2D eigenvalue weighted by atomic mass is 9.77. The predicted octanol–water partition coefficient (Wildman–Crippen LogP) is 5.19. The summed E-state index contributed by atoms with van der Waals surface area (Å²) in [7, 11) is 0. The van der Waals surface area contributed by atoms with Crippen LogP contribution in [-0.2, 0) is 20.8 Å². The van der Waals surface area contributed by atoms with E-state index < -0.39 is 0 Å². The zero-order valence-corrected chi connectivity index (χ0v) is 16.9. The van der Waals surface area contributed by atoms with Crippen molar-refractivity contribution in [1.29, 1.82) is 0 Å². The van der Waals surface area contributed by atoms with Crippen molar-refractivity contribution in [1.82, 2.24) is 5.16 Å². The van der Waals surface area contributed by atoms with Gasteiger partial charge in [0.1, 0.15) is 5.76 Å². The van der Waals surface area contributed by atoms with Crippen molar-refractivity contribution < 1.29 is 18.7 Å². The Morgan fingerprint density at radius 3 is 2.18 bits per heavy atom. The Morgan fingerprint density at radius 1 is 0.821 bits per heavy atom. The van der Waals surface area contributed by atoms with Gasteiger partial charge in [0.05, 0.1) is 31.6 Å². The van der Waals surface area contributed by atoms with Crippen LogP contribution in [0.3, 0.4) is 0 Å². The molecule has 5 aliphatic rings. The van der Waals surface area contributed by atoms with E-state index in [1.165, 1.54) is 62.6 Å². The molecule has 0 radical (unpaired) electrons. The molecular weight excluding hydrogens is 354 g/mol. The summed E-state index contributed by atoms with van der Waals surface area (Å²) in [6.45, 7) is 2.15. The number of rotatable bonds is 5. The molecule has 5 heteroatoms. The van der Waals surface area contributed by atoms with Crippen molar-refractivity contribution in [3.63, 3.8) is 0 Å². The third-order valence-electron chi connectivity index (χ3n) is 8.16. The summed E-state index contributed by atoms with van der Waals surface area (Å²) in [5.74, 6) is 2.00. The molecule has 6 rings (SSSR count). The molecule has 1 aromatic heterocycles. The molecule has 2 spiro atoms. The van der Waals surface area contributed by atoms with Crippen LogP contribution in [-0.4, -0.2) is 30.3 Å². The molecule has 0 bridgehead atoms. The number of nitrogens with zero attached hydrogens (tertiary/aromatic N) is 1. The largest absolute Gasteiger partial charge is 0.373 e. The molecule has 0 atom stereocenters. The highest BCUT2D eigenvalue weighted by atomic mass is 16.7. The molecule has 0 unspecified atom stereocenters. The normalized spacial score (nSPS) is 31.6. The molecule has 0 aromatic carbocycles. The fourth-order valence-corrected chi connectivity index (χ4v) is 5.83. The monoisotopic (exact) mass is 387 g/mol. The van der Waals surface area contributed by atoms with Crippen LogP contribution >= 0.6 is 0 Å². The Bertz CT molecular complexity index is 694. The van der Waals surface area contributed by atoms with E-state index in [0.29, 0.717) is 24.5 Å². The summed E-state index contributed by atoms with van der Waals surface area (Å²) >= 11 is 0. The molecular formula is C23H33NO4. The molecule has 4 saturated carbocycles. The van der Waals surface area contributed by atoms with Gasteiger partial charge < -0.3 is 18.7 Å². The third kappa shape index (κ3) is 3.33. The molecule has 4 aliphatic carbocycles. The first kappa shape index (κ1) is 17.9. The van der Waals surface area contributed by atoms with Crippen molar-refractivity contribution >= 4 is 0 Å². The van der Waals surface area contributed by atoms with Crippen LogP contribution in [0.5, 0.6) is 0 Å². The zero-order valence-electron chi connectivity index (χ0n) is 16.9. The second-order valence-electron chi connectivity index (χ2n) is 10.1. The van der Waals surface area contributed by atoms with E-state index in [9.17, 15) is 0 Å². The van der Waals surface area contributed by atoms with E-state index in [1.54, 1.807) is 0 Å². The maximum Gasteiger partial charge on any atom is 0.168 e. The molecule has 1 aliphatic heterocycles. The molecule has 0 N–H and O–H groups in total. The van der Waals surface area contributed by atoms with Crippen molar-refractivity contribution in [3.8, 4) is 0 Å². The highest BCUT2D eigenvalue weighted by molar-refractivity contribution is 5.31. The van der Waals surface area contributed by atoms with Gasteiger partial charge in [0.2, 0.25) is 0 Å². The second-order valence-corrected chi connectivity index (χ2v) is 10.1. The Labute approximate surface area is 167 Å². The van der Waals surface area contributed by atoms with Crippen molar-refractivity contribution in [2.75, 3.05) is 13.2 Å². The van der Waals surface area contributed by atoms with Crippen LogP contribution in [0, 0.1) is 5.41 Å². The number of hydrogen-bond acceptors (Lipinski definition) is 5. The average molecular weight is 388 g/mol. The maximum atomic E-state index is 6.42. The maximum absolute atomic E-state index is 6.42. The number of ether oxygens (including phenoxy) is 3.